The number of hydrogen-bond acceptors (Lipinski definition) is 7. The van der Waals surface area contributed by atoms with Gasteiger partial charge < -0.3 is 9.84 Å². The Morgan fingerprint density at radius 3 is 2.94 bits per heavy atom. The summed E-state index contributed by atoms with van der Waals surface area (Å²) in [6, 6.07) is 9.53. The molecule has 32 heavy (non-hydrogen) atoms. The molecule has 1 amide bonds. The lowest BCUT2D eigenvalue weighted by atomic mass is 9.98. The second-order valence-electron chi connectivity index (χ2n) is 7.93. The molecule has 8 nitrogen and oxygen atoms in total. The lowest BCUT2D eigenvalue weighted by Gasteiger charge is -2.30. The standard InChI is InChI=1S/C22H26N4O4S2/c1-3-19-24-21(25-30-19)18-11-20(31-14-18)32(28,29)26-9-5-8-17(13-26)22(27)23-12-16-7-4-6-15(2)10-16/h4,6-7,10-11,14,17H,3,5,8-9,12-13H2,1-2H3,(H,23,27)/t17-/m0/s1. The van der Waals surface area contributed by atoms with E-state index in [0.29, 0.717) is 49.6 Å². The molecule has 1 aromatic carbocycles. The van der Waals surface area contributed by atoms with Gasteiger partial charge in [0.05, 0.1) is 5.92 Å². The molecule has 1 fully saturated rings. The number of hydrogen-bond donors (Lipinski definition) is 1. The van der Waals surface area contributed by atoms with Crippen LogP contribution in [0.15, 0.2) is 44.4 Å². The largest absolute Gasteiger partial charge is 0.352 e. The Balaban J connectivity index is 1.42. The number of aromatic nitrogens is 2. The van der Waals surface area contributed by atoms with Crippen molar-refractivity contribution in [2.24, 2.45) is 5.92 Å². The summed E-state index contributed by atoms with van der Waals surface area (Å²) >= 11 is 1.13. The molecule has 1 N–H and O–H groups in total. The number of rotatable bonds is 7. The van der Waals surface area contributed by atoms with Gasteiger partial charge in [0.15, 0.2) is 0 Å². The van der Waals surface area contributed by atoms with E-state index in [-0.39, 0.29) is 22.6 Å². The summed E-state index contributed by atoms with van der Waals surface area (Å²) in [5.74, 6) is 0.405. The first-order valence-corrected chi connectivity index (χ1v) is 12.9. The van der Waals surface area contributed by atoms with E-state index in [0.717, 1.165) is 22.5 Å². The average Bonchev–Trinajstić information content (AvgIpc) is 3.47. The summed E-state index contributed by atoms with van der Waals surface area (Å²) < 4.78 is 33.2. The quantitative estimate of drug-likeness (QED) is 0.563. The fraction of sp³-hybridized carbons (Fsp3) is 0.409. The second-order valence-corrected chi connectivity index (χ2v) is 11.0. The van der Waals surface area contributed by atoms with Crippen LogP contribution in [-0.4, -0.2) is 41.9 Å². The minimum atomic E-state index is -3.70. The van der Waals surface area contributed by atoms with E-state index < -0.39 is 10.0 Å². The van der Waals surface area contributed by atoms with Crippen LogP contribution in [0.4, 0.5) is 0 Å². The molecular weight excluding hydrogens is 448 g/mol. The van der Waals surface area contributed by atoms with Crippen LogP contribution in [0.25, 0.3) is 11.4 Å². The molecule has 3 aromatic rings. The van der Waals surface area contributed by atoms with Crippen molar-refractivity contribution in [3.8, 4) is 11.4 Å². The number of aryl methyl sites for hydroxylation is 2. The van der Waals surface area contributed by atoms with Crippen molar-refractivity contribution < 1.29 is 17.7 Å². The Morgan fingerprint density at radius 1 is 1.34 bits per heavy atom. The van der Waals surface area contributed by atoms with Gasteiger partial charge in [-0.1, -0.05) is 41.9 Å². The van der Waals surface area contributed by atoms with Gasteiger partial charge in [0.1, 0.15) is 4.21 Å². The maximum atomic E-state index is 13.2. The fourth-order valence-corrected chi connectivity index (χ4v) is 6.58. The summed E-state index contributed by atoms with van der Waals surface area (Å²) in [5.41, 5.74) is 2.77. The van der Waals surface area contributed by atoms with Crippen LogP contribution in [-0.2, 0) is 27.8 Å². The number of benzene rings is 1. The molecule has 0 radical (unpaired) electrons. The monoisotopic (exact) mass is 474 g/mol. The molecule has 1 aliphatic heterocycles. The molecule has 170 valence electrons. The van der Waals surface area contributed by atoms with Crippen LogP contribution in [0.3, 0.4) is 0 Å². The Morgan fingerprint density at radius 2 is 2.19 bits per heavy atom. The van der Waals surface area contributed by atoms with Crippen LogP contribution >= 0.6 is 11.3 Å². The first kappa shape index (κ1) is 22.6. The zero-order valence-corrected chi connectivity index (χ0v) is 19.7. The Hall–Kier alpha value is -2.56. The number of thiophene rings is 1. The molecule has 0 aliphatic carbocycles. The number of carbonyl (C=O) groups is 1. The predicted molar refractivity (Wildman–Crippen MR) is 121 cm³/mol. The van der Waals surface area contributed by atoms with Gasteiger partial charge in [-0.25, -0.2) is 8.42 Å². The summed E-state index contributed by atoms with van der Waals surface area (Å²) in [7, 11) is -3.70. The minimum Gasteiger partial charge on any atom is -0.352 e. The number of amides is 1. The molecule has 4 rings (SSSR count). The highest BCUT2D eigenvalue weighted by Crippen LogP contribution is 2.31. The van der Waals surface area contributed by atoms with Gasteiger partial charge in [-0.15, -0.1) is 11.3 Å². The number of nitrogens with one attached hydrogen (secondary N) is 1. The lowest BCUT2D eigenvalue weighted by Crippen LogP contribution is -2.45. The molecule has 0 saturated carbocycles. The molecule has 0 bridgehead atoms. The van der Waals surface area contributed by atoms with Crippen molar-refractivity contribution in [1.29, 1.82) is 0 Å². The van der Waals surface area contributed by atoms with Gasteiger partial charge in [0, 0.05) is 37.0 Å². The number of piperidine rings is 1. The van der Waals surface area contributed by atoms with Gasteiger partial charge in [-0.3, -0.25) is 4.79 Å². The summed E-state index contributed by atoms with van der Waals surface area (Å²) in [5, 5.41) is 8.58. The molecule has 1 saturated heterocycles. The zero-order valence-electron chi connectivity index (χ0n) is 18.1. The SMILES string of the molecule is CCc1nc(-c2csc(S(=O)(=O)N3CCC[C@H](C(=O)NCc4cccc(C)c4)C3)c2)no1. The Labute approximate surface area is 191 Å². The predicted octanol–water partition coefficient (Wildman–Crippen LogP) is 3.39. The van der Waals surface area contributed by atoms with Crippen molar-refractivity contribution in [2.75, 3.05) is 13.1 Å². The van der Waals surface area contributed by atoms with Crippen molar-refractivity contribution in [3.63, 3.8) is 0 Å². The number of carbonyl (C=O) groups excluding carboxylic acids is 1. The van der Waals surface area contributed by atoms with E-state index in [4.69, 9.17) is 4.52 Å². The van der Waals surface area contributed by atoms with E-state index in [1.165, 1.54) is 4.31 Å². The highest BCUT2D eigenvalue weighted by Gasteiger charge is 2.34. The highest BCUT2D eigenvalue weighted by atomic mass is 32.2. The third kappa shape index (κ3) is 4.92. The maximum absolute atomic E-state index is 13.2. The van der Waals surface area contributed by atoms with Crippen LogP contribution in [0.1, 0.15) is 36.8 Å². The maximum Gasteiger partial charge on any atom is 0.252 e. The molecule has 0 unspecified atom stereocenters. The van der Waals surface area contributed by atoms with E-state index in [1.54, 1.807) is 11.4 Å². The second kappa shape index (κ2) is 9.51. The lowest BCUT2D eigenvalue weighted by molar-refractivity contribution is -0.126. The van der Waals surface area contributed by atoms with Gasteiger partial charge in [0.25, 0.3) is 10.0 Å². The third-order valence-electron chi connectivity index (χ3n) is 5.50. The zero-order chi connectivity index (χ0) is 22.7. The highest BCUT2D eigenvalue weighted by molar-refractivity contribution is 7.91. The van der Waals surface area contributed by atoms with Gasteiger partial charge in [-0.2, -0.15) is 9.29 Å². The first-order valence-electron chi connectivity index (χ1n) is 10.6. The Kier molecular flexibility index (Phi) is 6.73. The summed E-state index contributed by atoms with van der Waals surface area (Å²) in [6.45, 7) is 4.93. The van der Waals surface area contributed by atoms with Crippen LogP contribution < -0.4 is 5.32 Å². The van der Waals surface area contributed by atoms with Crippen molar-refractivity contribution in [3.05, 3.63) is 52.7 Å². The smallest absolute Gasteiger partial charge is 0.252 e. The van der Waals surface area contributed by atoms with Crippen molar-refractivity contribution >= 4 is 27.3 Å². The van der Waals surface area contributed by atoms with E-state index in [1.807, 2.05) is 38.1 Å². The van der Waals surface area contributed by atoms with E-state index in [2.05, 4.69) is 15.5 Å². The molecular formula is C22H26N4O4S2. The number of nitrogens with zero attached hydrogens (tertiary/aromatic N) is 3. The normalized spacial score (nSPS) is 17.4. The topological polar surface area (TPSA) is 105 Å². The van der Waals surface area contributed by atoms with Crippen LogP contribution in [0.5, 0.6) is 0 Å². The van der Waals surface area contributed by atoms with Gasteiger partial charge in [0.2, 0.25) is 17.6 Å². The van der Waals surface area contributed by atoms with E-state index >= 15 is 0 Å². The molecule has 2 aromatic heterocycles. The van der Waals surface area contributed by atoms with Crippen LogP contribution in [0, 0.1) is 12.8 Å². The average molecular weight is 475 g/mol. The van der Waals surface area contributed by atoms with Gasteiger partial charge in [-0.05, 0) is 31.4 Å². The summed E-state index contributed by atoms with van der Waals surface area (Å²) in [4.78, 5) is 17.0. The molecule has 10 heteroatoms. The van der Waals surface area contributed by atoms with Crippen molar-refractivity contribution in [2.45, 2.75) is 43.9 Å². The minimum absolute atomic E-state index is 0.114. The summed E-state index contributed by atoms with van der Waals surface area (Å²) in [6.07, 6.45) is 1.93. The number of sulfonamides is 1. The first-order chi connectivity index (χ1) is 15.4. The molecule has 1 aliphatic rings. The molecule has 3 heterocycles. The Bertz CT molecular complexity index is 1200. The molecule has 0 spiro atoms. The third-order valence-corrected chi connectivity index (χ3v) is 8.78. The van der Waals surface area contributed by atoms with Gasteiger partial charge >= 0.3 is 0 Å². The van der Waals surface area contributed by atoms with E-state index in [9.17, 15) is 13.2 Å². The fourth-order valence-electron chi connectivity index (χ4n) is 3.74. The van der Waals surface area contributed by atoms with Crippen LogP contribution in [0.2, 0.25) is 0 Å². The molecule has 1 atom stereocenters. The van der Waals surface area contributed by atoms with Crippen molar-refractivity contribution in [1.82, 2.24) is 19.8 Å².